The minimum atomic E-state index is -3.72. The van der Waals surface area contributed by atoms with Crippen LogP contribution in [-0.4, -0.2) is 32.5 Å². The monoisotopic (exact) mass is 492 g/mol. The molecule has 2 amide bonds. The number of carbonyl (C=O) groups excluding carboxylic acids is 2. The second kappa shape index (κ2) is 9.31. The van der Waals surface area contributed by atoms with Crippen LogP contribution < -0.4 is 10.2 Å². The van der Waals surface area contributed by atoms with Gasteiger partial charge in [-0.05, 0) is 58.1 Å². The SMILES string of the molecule is CCC(=O)N1CCc2cc(Br)c(S(=O)(=O)CCC(=O)Nc3ccccc3CC)cc21. The summed E-state index contributed by atoms with van der Waals surface area (Å²) in [5.74, 6) is -0.695. The second-order valence-corrected chi connectivity index (χ2v) is 10.1. The van der Waals surface area contributed by atoms with E-state index in [0.717, 1.165) is 17.5 Å². The molecule has 0 radical (unpaired) electrons. The topological polar surface area (TPSA) is 83.6 Å². The summed E-state index contributed by atoms with van der Waals surface area (Å²) in [5.41, 5.74) is 3.28. The van der Waals surface area contributed by atoms with E-state index in [1.54, 1.807) is 24.0 Å². The fourth-order valence-electron chi connectivity index (χ4n) is 3.58. The fraction of sp³-hybridized carbons (Fsp3) is 0.364. The van der Waals surface area contributed by atoms with Gasteiger partial charge in [0.1, 0.15) is 0 Å². The van der Waals surface area contributed by atoms with Crippen molar-refractivity contribution in [2.75, 3.05) is 22.5 Å². The number of carbonyl (C=O) groups is 2. The number of fused-ring (bicyclic) bond motifs is 1. The van der Waals surface area contributed by atoms with E-state index in [-0.39, 0.29) is 28.9 Å². The first kappa shape index (κ1) is 22.5. The molecule has 1 heterocycles. The summed E-state index contributed by atoms with van der Waals surface area (Å²) in [6, 6.07) is 10.8. The summed E-state index contributed by atoms with van der Waals surface area (Å²) >= 11 is 3.36. The van der Waals surface area contributed by atoms with Gasteiger partial charge in [-0.1, -0.05) is 32.0 Å². The molecule has 0 bridgehead atoms. The first-order chi connectivity index (χ1) is 14.3. The molecule has 6 nitrogen and oxygen atoms in total. The van der Waals surface area contributed by atoms with Crippen molar-refractivity contribution in [3.05, 3.63) is 52.0 Å². The van der Waals surface area contributed by atoms with Crippen LogP contribution in [0.3, 0.4) is 0 Å². The summed E-state index contributed by atoms with van der Waals surface area (Å²) in [6.45, 7) is 4.33. The van der Waals surface area contributed by atoms with Gasteiger partial charge in [-0.15, -0.1) is 0 Å². The van der Waals surface area contributed by atoms with Crippen molar-refractivity contribution >= 4 is 49.0 Å². The summed E-state index contributed by atoms with van der Waals surface area (Å²) in [6.07, 6.45) is 1.67. The summed E-state index contributed by atoms with van der Waals surface area (Å²) in [5, 5.41) is 2.80. The number of nitrogens with one attached hydrogen (secondary N) is 1. The van der Waals surface area contributed by atoms with Crippen molar-refractivity contribution in [2.24, 2.45) is 0 Å². The van der Waals surface area contributed by atoms with Gasteiger partial charge in [0.25, 0.3) is 0 Å². The Balaban J connectivity index is 1.76. The van der Waals surface area contributed by atoms with Gasteiger partial charge in [0.15, 0.2) is 9.84 Å². The van der Waals surface area contributed by atoms with E-state index in [1.807, 2.05) is 31.2 Å². The number of para-hydroxylation sites is 1. The summed E-state index contributed by atoms with van der Waals surface area (Å²) in [4.78, 5) is 26.3. The van der Waals surface area contributed by atoms with E-state index in [1.165, 1.54) is 0 Å². The predicted octanol–water partition coefficient (Wildman–Crippen LogP) is 4.11. The van der Waals surface area contributed by atoms with Crippen molar-refractivity contribution < 1.29 is 18.0 Å². The van der Waals surface area contributed by atoms with Crippen molar-refractivity contribution in [3.8, 4) is 0 Å². The van der Waals surface area contributed by atoms with Crippen LogP contribution in [0.2, 0.25) is 0 Å². The van der Waals surface area contributed by atoms with Gasteiger partial charge >= 0.3 is 0 Å². The lowest BCUT2D eigenvalue weighted by molar-refractivity contribution is -0.118. The average Bonchev–Trinajstić information content (AvgIpc) is 3.14. The first-order valence-electron chi connectivity index (χ1n) is 10.00. The molecule has 0 spiro atoms. The number of benzene rings is 2. The van der Waals surface area contributed by atoms with Crippen LogP contribution in [0.15, 0.2) is 45.8 Å². The molecule has 1 aliphatic heterocycles. The molecule has 0 aromatic heterocycles. The number of nitrogens with zero attached hydrogens (tertiary/aromatic N) is 1. The fourth-order valence-corrected chi connectivity index (χ4v) is 6.03. The average molecular weight is 493 g/mol. The number of hydrogen-bond donors (Lipinski definition) is 1. The first-order valence-corrected chi connectivity index (χ1v) is 12.4. The Kier molecular flexibility index (Phi) is 6.98. The Labute approximate surface area is 185 Å². The molecule has 3 rings (SSSR count). The lowest BCUT2D eigenvalue weighted by atomic mass is 10.1. The molecule has 0 aliphatic carbocycles. The van der Waals surface area contributed by atoms with Gasteiger partial charge < -0.3 is 10.2 Å². The highest BCUT2D eigenvalue weighted by Crippen LogP contribution is 2.36. The number of sulfone groups is 1. The Morgan fingerprint density at radius 3 is 2.60 bits per heavy atom. The van der Waals surface area contributed by atoms with Crippen LogP contribution in [-0.2, 0) is 32.3 Å². The van der Waals surface area contributed by atoms with Gasteiger partial charge in [0.2, 0.25) is 11.8 Å². The molecule has 0 fully saturated rings. The number of hydrogen-bond acceptors (Lipinski definition) is 4. The number of halogens is 1. The quantitative estimate of drug-likeness (QED) is 0.629. The third-order valence-electron chi connectivity index (χ3n) is 5.24. The van der Waals surface area contributed by atoms with Crippen LogP contribution in [0.5, 0.6) is 0 Å². The highest BCUT2D eigenvalue weighted by Gasteiger charge is 2.28. The Bertz CT molecular complexity index is 1080. The smallest absolute Gasteiger partial charge is 0.226 e. The zero-order chi connectivity index (χ0) is 21.9. The molecule has 160 valence electrons. The van der Waals surface area contributed by atoms with E-state index >= 15 is 0 Å². The highest BCUT2D eigenvalue weighted by atomic mass is 79.9. The van der Waals surface area contributed by atoms with E-state index in [2.05, 4.69) is 21.2 Å². The maximum atomic E-state index is 13.0. The van der Waals surface area contributed by atoms with Crippen molar-refractivity contribution in [2.45, 2.75) is 44.4 Å². The van der Waals surface area contributed by atoms with Gasteiger partial charge in [-0.3, -0.25) is 9.59 Å². The Hall–Kier alpha value is -2.19. The number of aryl methyl sites for hydroxylation is 1. The lowest BCUT2D eigenvalue weighted by Gasteiger charge is -2.18. The summed E-state index contributed by atoms with van der Waals surface area (Å²) < 4.78 is 26.4. The lowest BCUT2D eigenvalue weighted by Crippen LogP contribution is -2.28. The van der Waals surface area contributed by atoms with Gasteiger partial charge in [0.05, 0.1) is 10.6 Å². The molecule has 0 saturated heterocycles. The normalized spacial score (nSPS) is 13.2. The van der Waals surface area contributed by atoms with E-state index < -0.39 is 9.84 Å². The number of amides is 2. The van der Waals surface area contributed by atoms with Crippen LogP contribution in [0.4, 0.5) is 11.4 Å². The maximum Gasteiger partial charge on any atom is 0.226 e. The predicted molar refractivity (Wildman–Crippen MR) is 122 cm³/mol. The third kappa shape index (κ3) is 4.75. The number of rotatable bonds is 7. The second-order valence-electron chi connectivity index (χ2n) is 7.19. The van der Waals surface area contributed by atoms with Gasteiger partial charge in [0, 0.05) is 35.2 Å². The molecule has 2 aromatic rings. The highest BCUT2D eigenvalue weighted by molar-refractivity contribution is 9.10. The van der Waals surface area contributed by atoms with Gasteiger partial charge in [-0.2, -0.15) is 0 Å². The standard InChI is InChI=1S/C22H25BrN2O4S/c1-3-15-7-5-6-8-18(15)24-21(26)10-12-30(28,29)20-14-19-16(13-17(20)23)9-11-25(19)22(27)4-2/h5-8,13-14H,3-4,9-12H2,1-2H3,(H,24,26). The van der Waals surface area contributed by atoms with Crippen LogP contribution in [0.25, 0.3) is 0 Å². The zero-order valence-electron chi connectivity index (χ0n) is 17.1. The minimum Gasteiger partial charge on any atom is -0.326 e. The van der Waals surface area contributed by atoms with Crippen LogP contribution in [0.1, 0.15) is 37.8 Å². The van der Waals surface area contributed by atoms with E-state index in [9.17, 15) is 18.0 Å². The Morgan fingerprint density at radius 2 is 1.90 bits per heavy atom. The molecule has 30 heavy (non-hydrogen) atoms. The van der Waals surface area contributed by atoms with Crippen LogP contribution >= 0.6 is 15.9 Å². The van der Waals surface area contributed by atoms with E-state index in [0.29, 0.717) is 35.2 Å². The summed E-state index contributed by atoms with van der Waals surface area (Å²) in [7, 11) is -3.72. The molecule has 0 saturated carbocycles. The van der Waals surface area contributed by atoms with Crippen molar-refractivity contribution in [1.82, 2.24) is 0 Å². The molecule has 2 aromatic carbocycles. The largest absolute Gasteiger partial charge is 0.326 e. The van der Waals surface area contributed by atoms with Gasteiger partial charge in [-0.25, -0.2) is 8.42 Å². The maximum absolute atomic E-state index is 13.0. The molecule has 0 unspecified atom stereocenters. The van der Waals surface area contributed by atoms with Crippen molar-refractivity contribution in [1.29, 1.82) is 0 Å². The molecule has 1 aliphatic rings. The molecular weight excluding hydrogens is 468 g/mol. The molecule has 8 heteroatoms. The number of anilines is 2. The van der Waals surface area contributed by atoms with Crippen molar-refractivity contribution in [3.63, 3.8) is 0 Å². The minimum absolute atomic E-state index is 0.0339. The van der Waals surface area contributed by atoms with Crippen LogP contribution in [0, 0.1) is 0 Å². The zero-order valence-corrected chi connectivity index (χ0v) is 19.5. The third-order valence-corrected chi connectivity index (χ3v) is 7.91. The molecule has 0 atom stereocenters. The molecule has 1 N–H and O–H groups in total. The Morgan fingerprint density at radius 1 is 1.17 bits per heavy atom. The molecular formula is C22H25BrN2O4S. The van der Waals surface area contributed by atoms with E-state index in [4.69, 9.17) is 0 Å².